The highest BCUT2D eigenvalue weighted by Crippen LogP contribution is 2.33. The molecule has 2 fully saturated rings. The number of aromatic nitrogens is 2. The van der Waals surface area contributed by atoms with Gasteiger partial charge in [0.2, 0.25) is 0 Å². The average Bonchev–Trinajstić information content (AvgIpc) is 3.30. The van der Waals surface area contributed by atoms with Crippen LogP contribution < -0.4 is 0 Å². The second-order valence-electron chi connectivity index (χ2n) is 8.78. The van der Waals surface area contributed by atoms with Gasteiger partial charge in [0.05, 0.1) is 24.6 Å². The zero-order valence-electron chi connectivity index (χ0n) is 18.5. The Morgan fingerprint density at radius 1 is 0.844 bits per heavy atom. The van der Waals surface area contributed by atoms with E-state index in [0.717, 1.165) is 74.4 Å². The number of nitrogens with zero attached hydrogens (tertiary/aromatic N) is 4. The number of rotatable bonds is 6. The van der Waals surface area contributed by atoms with E-state index in [1.54, 1.807) is 0 Å². The maximum Gasteiger partial charge on any atom is 0.0930 e. The fourth-order valence-electron chi connectivity index (χ4n) is 4.78. The van der Waals surface area contributed by atoms with E-state index in [9.17, 15) is 0 Å². The molecule has 168 valence electrons. The Bertz CT molecular complexity index is 990. The minimum Gasteiger partial charge on any atom is -0.379 e. The molecule has 0 bridgehead atoms. The Morgan fingerprint density at radius 3 is 2.19 bits per heavy atom. The first kappa shape index (κ1) is 21.7. The van der Waals surface area contributed by atoms with Crippen LogP contribution in [0.3, 0.4) is 0 Å². The number of likely N-dealkylation sites (tertiary alicyclic amines) is 1. The number of benzene rings is 2. The summed E-state index contributed by atoms with van der Waals surface area (Å²) in [6.07, 6.45) is 2.34. The van der Waals surface area contributed by atoms with E-state index in [2.05, 4.69) is 63.0 Å². The highest BCUT2D eigenvalue weighted by molar-refractivity contribution is 6.30. The molecule has 0 unspecified atom stereocenters. The van der Waals surface area contributed by atoms with Crippen molar-refractivity contribution >= 4 is 11.6 Å². The molecule has 1 aromatic heterocycles. The van der Waals surface area contributed by atoms with Crippen LogP contribution in [0.4, 0.5) is 0 Å². The third kappa shape index (κ3) is 5.07. The lowest BCUT2D eigenvalue weighted by atomic mass is 9.92. The number of morpholine rings is 1. The molecule has 6 heteroatoms. The Balaban J connectivity index is 1.31. The van der Waals surface area contributed by atoms with Gasteiger partial charge in [0.25, 0.3) is 0 Å². The van der Waals surface area contributed by atoms with Gasteiger partial charge < -0.3 is 9.64 Å². The minimum absolute atomic E-state index is 0.517. The maximum atomic E-state index is 6.10. The predicted molar refractivity (Wildman–Crippen MR) is 130 cm³/mol. The summed E-state index contributed by atoms with van der Waals surface area (Å²) in [6.45, 7) is 8.48. The summed E-state index contributed by atoms with van der Waals surface area (Å²) in [6, 6.07) is 20.8. The van der Waals surface area contributed by atoms with Crippen LogP contribution >= 0.6 is 11.6 Å². The van der Waals surface area contributed by atoms with E-state index in [1.807, 2.05) is 12.1 Å². The molecule has 32 heavy (non-hydrogen) atoms. The van der Waals surface area contributed by atoms with Crippen LogP contribution in [0.25, 0.3) is 16.9 Å². The lowest BCUT2D eigenvalue weighted by Gasteiger charge is -2.34. The van der Waals surface area contributed by atoms with Gasteiger partial charge in [0, 0.05) is 48.4 Å². The molecular formula is C26H31ClN4O. The zero-order chi connectivity index (χ0) is 21.8. The summed E-state index contributed by atoms with van der Waals surface area (Å²) >= 11 is 6.10. The van der Waals surface area contributed by atoms with Crippen molar-refractivity contribution in [1.29, 1.82) is 0 Å². The zero-order valence-corrected chi connectivity index (χ0v) is 19.3. The van der Waals surface area contributed by atoms with E-state index in [1.165, 1.54) is 18.5 Å². The average molecular weight is 451 g/mol. The Morgan fingerprint density at radius 2 is 1.50 bits per heavy atom. The van der Waals surface area contributed by atoms with E-state index in [4.69, 9.17) is 21.4 Å². The molecule has 0 aliphatic carbocycles. The van der Waals surface area contributed by atoms with E-state index < -0.39 is 0 Å². The maximum absolute atomic E-state index is 6.10. The molecule has 0 atom stereocenters. The first-order valence-electron chi connectivity index (χ1n) is 11.7. The molecule has 0 N–H and O–H groups in total. The van der Waals surface area contributed by atoms with Crippen molar-refractivity contribution < 1.29 is 4.74 Å². The normalized spacial score (nSPS) is 18.8. The van der Waals surface area contributed by atoms with Crippen molar-refractivity contribution in [3.8, 4) is 16.9 Å². The molecule has 2 aromatic carbocycles. The van der Waals surface area contributed by atoms with Gasteiger partial charge in [-0.2, -0.15) is 5.10 Å². The lowest BCUT2D eigenvalue weighted by molar-refractivity contribution is 0.0320. The first-order chi connectivity index (χ1) is 15.8. The quantitative estimate of drug-likeness (QED) is 0.544. The molecule has 5 rings (SSSR count). The number of hydrogen-bond donors (Lipinski definition) is 0. The summed E-state index contributed by atoms with van der Waals surface area (Å²) < 4.78 is 7.62. The van der Waals surface area contributed by atoms with Gasteiger partial charge >= 0.3 is 0 Å². The monoisotopic (exact) mass is 450 g/mol. The first-order valence-corrected chi connectivity index (χ1v) is 12.1. The van der Waals surface area contributed by atoms with E-state index in [-0.39, 0.29) is 0 Å². The summed E-state index contributed by atoms with van der Waals surface area (Å²) in [5.41, 5.74) is 4.55. The summed E-state index contributed by atoms with van der Waals surface area (Å²) in [5.74, 6) is 0.517. The van der Waals surface area contributed by atoms with Crippen LogP contribution in [0.15, 0.2) is 60.7 Å². The van der Waals surface area contributed by atoms with Gasteiger partial charge in [-0.25, -0.2) is 4.68 Å². The van der Waals surface area contributed by atoms with Gasteiger partial charge in [0.15, 0.2) is 0 Å². The number of ether oxygens (including phenoxy) is 1. The summed E-state index contributed by atoms with van der Waals surface area (Å²) in [5, 5.41) is 5.76. The van der Waals surface area contributed by atoms with Crippen molar-refractivity contribution in [3.63, 3.8) is 0 Å². The van der Waals surface area contributed by atoms with E-state index in [0.29, 0.717) is 5.92 Å². The molecule has 0 saturated carbocycles. The second kappa shape index (κ2) is 10.2. The van der Waals surface area contributed by atoms with Gasteiger partial charge in [0.1, 0.15) is 0 Å². The van der Waals surface area contributed by atoms with Crippen molar-refractivity contribution in [3.05, 3.63) is 71.4 Å². The van der Waals surface area contributed by atoms with Gasteiger partial charge in [-0.1, -0.05) is 41.9 Å². The van der Waals surface area contributed by atoms with Crippen molar-refractivity contribution in [2.45, 2.75) is 18.8 Å². The third-order valence-electron chi connectivity index (χ3n) is 6.72. The standard InChI is InChI=1S/C26H31ClN4O/c27-23-8-6-21(7-9-23)25-20-26(31(28-25)24-4-2-1-3-5-24)22-10-12-29(13-11-22)14-15-30-16-18-32-19-17-30/h1-9,20,22H,10-19H2. The molecule has 2 aliphatic heterocycles. The van der Waals surface area contributed by atoms with Crippen molar-refractivity contribution in [1.82, 2.24) is 19.6 Å². The number of hydrogen-bond acceptors (Lipinski definition) is 4. The van der Waals surface area contributed by atoms with Gasteiger partial charge in [-0.15, -0.1) is 0 Å². The van der Waals surface area contributed by atoms with E-state index >= 15 is 0 Å². The summed E-state index contributed by atoms with van der Waals surface area (Å²) in [4.78, 5) is 5.15. The van der Waals surface area contributed by atoms with Crippen LogP contribution in [0, 0.1) is 0 Å². The molecule has 2 aliphatic rings. The third-order valence-corrected chi connectivity index (χ3v) is 6.97. The van der Waals surface area contributed by atoms with Crippen molar-refractivity contribution in [2.24, 2.45) is 0 Å². The Hall–Kier alpha value is -2.18. The van der Waals surface area contributed by atoms with Gasteiger partial charge in [-0.05, 0) is 56.3 Å². The fraction of sp³-hybridized carbons (Fsp3) is 0.423. The molecule has 3 aromatic rings. The van der Waals surface area contributed by atoms with Crippen LogP contribution in [-0.4, -0.2) is 72.1 Å². The molecule has 2 saturated heterocycles. The predicted octanol–water partition coefficient (Wildman–Crippen LogP) is 4.70. The van der Waals surface area contributed by atoms with Crippen molar-refractivity contribution in [2.75, 3.05) is 52.5 Å². The highest BCUT2D eigenvalue weighted by atomic mass is 35.5. The van der Waals surface area contributed by atoms with Gasteiger partial charge in [-0.3, -0.25) is 4.90 Å². The van der Waals surface area contributed by atoms with Crippen LogP contribution in [0.1, 0.15) is 24.5 Å². The molecular weight excluding hydrogens is 420 g/mol. The van der Waals surface area contributed by atoms with Crippen LogP contribution in [0.5, 0.6) is 0 Å². The van der Waals surface area contributed by atoms with Crippen LogP contribution in [0.2, 0.25) is 5.02 Å². The highest BCUT2D eigenvalue weighted by Gasteiger charge is 2.25. The van der Waals surface area contributed by atoms with Crippen LogP contribution in [-0.2, 0) is 4.74 Å². The molecule has 3 heterocycles. The molecule has 5 nitrogen and oxygen atoms in total. The molecule has 0 amide bonds. The lowest BCUT2D eigenvalue weighted by Crippen LogP contribution is -2.43. The molecule has 0 spiro atoms. The largest absolute Gasteiger partial charge is 0.379 e. The number of piperidine rings is 1. The fourth-order valence-corrected chi connectivity index (χ4v) is 4.91. The Kier molecular flexibility index (Phi) is 6.89. The number of halogens is 1. The minimum atomic E-state index is 0.517. The smallest absolute Gasteiger partial charge is 0.0930 e. The SMILES string of the molecule is Clc1ccc(-c2cc(C3CCN(CCN4CCOCC4)CC3)n(-c3ccccc3)n2)cc1. The Labute approximate surface area is 195 Å². The number of para-hydroxylation sites is 1. The second-order valence-corrected chi connectivity index (χ2v) is 9.22. The summed E-state index contributed by atoms with van der Waals surface area (Å²) in [7, 11) is 0. The topological polar surface area (TPSA) is 33.5 Å². The molecule has 0 radical (unpaired) electrons.